The summed E-state index contributed by atoms with van der Waals surface area (Å²) >= 11 is 0. The van der Waals surface area contributed by atoms with E-state index >= 15 is 0 Å². The zero-order chi connectivity index (χ0) is 20.8. The fourth-order valence-electron chi connectivity index (χ4n) is 3.84. The molecule has 1 N–H and O–H groups in total. The van der Waals surface area contributed by atoms with Gasteiger partial charge in [-0.05, 0) is 37.0 Å². The first-order chi connectivity index (χ1) is 14.7. The Morgan fingerprint density at radius 3 is 2.80 bits per heavy atom. The number of nitrogens with one attached hydrogen (secondary N) is 1. The Morgan fingerprint density at radius 1 is 1.17 bits per heavy atom. The maximum atomic E-state index is 12.8. The molecule has 7 heteroatoms. The average molecular weight is 406 g/mol. The molecule has 0 radical (unpaired) electrons. The van der Waals surface area contributed by atoms with Gasteiger partial charge in [-0.3, -0.25) is 0 Å². The number of para-hydroxylation sites is 2. The van der Waals surface area contributed by atoms with Crippen LogP contribution in [0.1, 0.15) is 24.7 Å². The molecule has 2 aromatic carbocycles. The predicted molar refractivity (Wildman–Crippen MR) is 116 cm³/mol. The van der Waals surface area contributed by atoms with Crippen LogP contribution >= 0.6 is 0 Å². The minimum absolute atomic E-state index is 0.0876. The average Bonchev–Trinajstić information content (AvgIpc) is 3.41. The molecule has 1 aromatic heterocycles. The normalized spacial score (nSPS) is 15.9. The van der Waals surface area contributed by atoms with Crippen molar-refractivity contribution in [2.75, 3.05) is 25.0 Å². The number of aromatic nitrogens is 3. The molecule has 1 aliphatic rings. The van der Waals surface area contributed by atoms with Crippen LogP contribution in [-0.2, 0) is 13.0 Å². The van der Waals surface area contributed by atoms with Crippen molar-refractivity contribution in [1.82, 2.24) is 19.7 Å². The number of carbonyl (C=O) groups excluding carboxylic acids is 1. The van der Waals surface area contributed by atoms with Crippen molar-refractivity contribution >= 4 is 11.7 Å². The van der Waals surface area contributed by atoms with Crippen molar-refractivity contribution in [2.45, 2.75) is 26.3 Å². The van der Waals surface area contributed by atoms with Crippen molar-refractivity contribution in [3.05, 3.63) is 72.3 Å². The summed E-state index contributed by atoms with van der Waals surface area (Å²) in [6, 6.07) is 17.7. The molecule has 0 aliphatic carbocycles. The molecular weight excluding hydrogens is 378 g/mol. The van der Waals surface area contributed by atoms with Crippen LogP contribution in [0.4, 0.5) is 10.5 Å². The standard InChI is InChI=1S/C23H27N5O2/c1-2-30-21-11-7-6-10-20(21)25-23(29)27-13-12-19(16-27)14-22-26-24-17-28(22)15-18-8-4-3-5-9-18/h3-11,17,19H,2,12-16H2,1H3,(H,25,29). The van der Waals surface area contributed by atoms with Gasteiger partial charge >= 0.3 is 6.03 Å². The van der Waals surface area contributed by atoms with Gasteiger partial charge in [-0.1, -0.05) is 42.5 Å². The van der Waals surface area contributed by atoms with Gasteiger partial charge in [0.1, 0.15) is 17.9 Å². The molecule has 30 heavy (non-hydrogen) atoms. The summed E-state index contributed by atoms with van der Waals surface area (Å²) in [6.07, 6.45) is 3.55. The van der Waals surface area contributed by atoms with Crippen molar-refractivity contribution in [3.63, 3.8) is 0 Å². The molecule has 4 rings (SSSR count). The van der Waals surface area contributed by atoms with Gasteiger partial charge in [0, 0.05) is 19.5 Å². The van der Waals surface area contributed by atoms with Crippen molar-refractivity contribution < 1.29 is 9.53 Å². The van der Waals surface area contributed by atoms with Gasteiger partial charge in [0.15, 0.2) is 0 Å². The lowest BCUT2D eigenvalue weighted by atomic mass is 10.0. The number of carbonyl (C=O) groups is 1. The second kappa shape index (κ2) is 9.43. The van der Waals surface area contributed by atoms with E-state index in [0.717, 1.165) is 31.8 Å². The highest BCUT2D eigenvalue weighted by Gasteiger charge is 2.28. The van der Waals surface area contributed by atoms with Crippen LogP contribution in [0.25, 0.3) is 0 Å². The van der Waals surface area contributed by atoms with Crippen LogP contribution in [0.3, 0.4) is 0 Å². The van der Waals surface area contributed by atoms with Crippen LogP contribution in [0, 0.1) is 5.92 Å². The van der Waals surface area contributed by atoms with Gasteiger partial charge < -0.3 is 19.5 Å². The van der Waals surface area contributed by atoms with Gasteiger partial charge in [-0.2, -0.15) is 0 Å². The molecule has 2 heterocycles. The largest absolute Gasteiger partial charge is 0.492 e. The van der Waals surface area contributed by atoms with Crippen LogP contribution in [0.15, 0.2) is 60.9 Å². The summed E-state index contributed by atoms with van der Waals surface area (Å²) in [5.74, 6) is 2.03. The number of amides is 2. The summed E-state index contributed by atoms with van der Waals surface area (Å²) in [7, 11) is 0. The number of likely N-dealkylation sites (tertiary alicyclic amines) is 1. The van der Waals surface area contributed by atoms with E-state index in [0.29, 0.717) is 30.5 Å². The van der Waals surface area contributed by atoms with Crippen LogP contribution in [0.2, 0.25) is 0 Å². The lowest BCUT2D eigenvalue weighted by Crippen LogP contribution is -2.33. The summed E-state index contributed by atoms with van der Waals surface area (Å²) in [4.78, 5) is 14.6. The Kier molecular flexibility index (Phi) is 6.27. The molecule has 2 amide bonds. The molecular formula is C23H27N5O2. The fraction of sp³-hybridized carbons (Fsp3) is 0.348. The number of hydrogen-bond donors (Lipinski definition) is 1. The first kappa shape index (κ1) is 19.9. The van der Waals surface area contributed by atoms with Crippen molar-refractivity contribution in [3.8, 4) is 5.75 Å². The van der Waals surface area contributed by atoms with Gasteiger partial charge in [0.2, 0.25) is 0 Å². The van der Waals surface area contributed by atoms with E-state index in [-0.39, 0.29) is 6.03 Å². The minimum Gasteiger partial charge on any atom is -0.492 e. The third kappa shape index (κ3) is 4.79. The number of urea groups is 1. The minimum atomic E-state index is -0.0876. The molecule has 7 nitrogen and oxygen atoms in total. The van der Waals surface area contributed by atoms with Crippen molar-refractivity contribution in [1.29, 1.82) is 0 Å². The number of rotatable bonds is 7. The third-order valence-electron chi connectivity index (χ3n) is 5.36. The lowest BCUT2D eigenvalue weighted by Gasteiger charge is -2.19. The van der Waals surface area contributed by atoms with E-state index in [1.165, 1.54) is 5.56 Å². The van der Waals surface area contributed by atoms with E-state index in [9.17, 15) is 4.79 Å². The van der Waals surface area contributed by atoms with Crippen molar-refractivity contribution in [2.24, 2.45) is 5.92 Å². The second-order valence-corrected chi connectivity index (χ2v) is 7.52. The zero-order valence-corrected chi connectivity index (χ0v) is 17.2. The van der Waals surface area contributed by atoms with E-state index in [2.05, 4.69) is 32.2 Å². The highest BCUT2D eigenvalue weighted by molar-refractivity contribution is 5.91. The molecule has 1 fully saturated rings. The van der Waals surface area contributed by atoms with Gasteiger partial charge in [-0.15, -0.1) is 10.2 Å². The highest BCUT2D eigenvalue weighted by atomic mass is 16.5. The van der Waals surface area contributed by atoms with E-state index in [1.807, 2.05) is 54.3 Å². The molecule has 1 saturated heterocycles. The molecule has 3 aromatic rings. The van der Waals surface area contributed by atoms with E-state index in [1.54, 1.807) is 6.33 Å². The maximum Gasteiger partial charge on any atom is 0.321 e. The second-order valence-electron chi connectivity index (χ2n) is 7.52. The van der Waals surface area contributed by atoms with E-state index in [4.69, 9.17) is 4.74 Å². The quantitative estimate of drug-likeness (QED) is 0.649. The SMILES string of the molecule is CCOc1ccccc1NC(=O)N1CCC(Cc2nncn2Cc2ccccc2)C1. The number of anilines is 1. The molecule has 1 unspecified atom stereocenters. The Labute approximate surface area is 176 Å². The summed E-state index contributed by atoms with van der Waals surface area (Å²) in [6.45, 7) is 4.69. The van der Waals surface area contributed by atoms with Crippen LogP contribution in [-0.4, -0.2) is 45.4 Å². The predicted octanol–water partition coefficient (Wildman–Crippen LogP) is 3.82. The van der Waals surface area contributed by atoms with Gasteiger partial charge in [0.05, 0.1) is 18.8 Å². The molecule has 1 atom stereocenters. The first-order valence-electron chi connectivity index (χ1n) is 10.4. The monoisotopic (exact) mass is 405 g/mol. The molecule has 0 saturated carbocycles. The summed E-state index contributed by atoms with van der Waals surface area (Å²) < 4.78 is 7.70. The Hall–Kier alpha value is -3.35. The molecule has 0 spiro atoms. The summed E-state index contributed by atoms with van der Waals surface area (Å²) in [5, 5.41) is 11.4. The molecule has 1 aliphatic heterocycles. The smallest absolute Gasteiger partial charge is 0.321 e. The van der Waals surface area contributed by atoms with E-state index < -0.39 is 0 Å². The Morgan fingerprint density at radius 2 is 1.97 bits per heavy atom. The zero-order valence-electron chi connectivity index (χ0n) is 17.2. The van der Waals surface area contributed by atoms with Gasteiger partial charge in [-0.25, -0.2) is 4.79 Å². The lowest BCUT2D eigenvalue weighted by molar-refractivity contribution is 0.220. The number of ether oxygens (including phenoxy) is 1. The molecule has 156 valence electrons. The van der Waals surface area contributed by atoms with Crippen LogP contribution in [0.5, 0.6) is 5.75 Å². The Bertz CT molecular complexity index is 972. The number of hydrogen-bond acceptors (Lipinski definition) is 4. The topological polar surface area (TPSA) is 72.3 Å². The molecule has 0 bridgehead atoms. The maximum absolute atomic E-state index is 12.8. The number of benzene rings is 2. The third-order valence-corrected chi connectivity index (χ3v) is 5.36. The Balaban J connectivity index is 1.34. The fourth-order valence-corrected chi connectivity index (χ4v) is 3.84. The van der Waals surface area contributed by atoms with Crippen LogP contribution < -0.4 is 10.1 Å². The van der Waals surface area contributed by atoms with Gasteiger partial charge in [0.25, 0.3) is 0 Å². The highest BCUT2D eigenvalue weighted by Crippen LogP contribution is 2.26. The summed E-state index contributed by atoms with van der Waals surface area (Å²) in [5.41, 5.74) is 1.93. The first-order valence-corrected chi connectivity index (χ1v) is 10.4. The number of nitrogens with zero attached hydrogens (tertiary/aromatic N) is 4.